The molecular weight excluding hydrogens is 290 g/mol. The molecule has 0 aliphatic heterocycles. The van der Waals surface area contributed by atoms with Crippen molar-refractivity contribution in [2.75, 3.05) is 13.1 Å². The molecule has 1 amide bonds. The third-order valence-electron chi connectivity index (χ3n) is 2.24. The molecule has 0 radical (unpaired) electrons. The molecule has 9 nitrogen and oxygen atoms in total. The SMILES string of the molecule is CC(=O)NCCNS(=O)(=O)c1ccc(O)c([N+](=O)[O-])c1. The van der Waals surface area contributed by atoms with Crippen LogP contribution in [0.4, 0.5) is 5.69 Å². The van der Waals surface area contributed by atoms with E-state index in [-0.39, 0.29) is 23.9 Å². The van der Waals surface area contributed by atoms with Gasteiger partial charge in [0.2, 0.25) is 15.9 Å². The van der Waals surface area contributed by atoms with E-state index in [1.54, 1.807) is 0 Å². The minimum absolute atomic E-state index is 0.0589. The molecule has 0 heterocycles. The number of nitro groups is 1. The molecule has 0 saturated carbocycles. The van der Waals surface area contributed by atoms with E-state index < -0.39 is 26.4 Å². The molecule has 3 N–H and O–H groups in total. The molecule has 0 aliphatic rings. The lowest BCUT2D eigenvalue weighted by atomic mass is 10.3. The monoisotopic (exact) mass is 303 g/mol. The summed E-state index contributed by atoms with van der Waals surface area (Å²) >= 11 is 0. The molecular formula is C10H13N3O6S. The Balaban J connectivity index is 2.85. The van der Waals surface area contributed by atoms with Gasteiger partial charge in [-0.05, 0) is 12.1 Å². The third kappa shape index (κ3) is 4.17. The van der Waals surface area contributed by atoms with Crippen LogP contribution in [-0.2, 0) is 14.8 Å². The molecule has 1 aromatic carbocycles. The first kappa shape index (κ1) is 15.9. The highest BCUT2D eigenvalue weighted by Gasteiger charge is 2.20. The van der Waals surface area contributed by atoms with Gasteiger partial charge in [0.25, 0.3) is 0 Å². The number of nitrogens with zero attached hydrogens (tertiary/aromatic N) is 1. The van der Waals surface area contributed by atoms with Gasteiger partial charge in [-0.2, -0.15) is 0 Å². The van der Waals surface area contributed by atoms with Crippen LogP contribution in [0, 0.1) is 10.1 Å². The molecule has 20 heavy (non-hydrogen) atoms. The van der Waals surface area contributed by atoms with Crippen molar-refractivity contribution >= 4 is 21.6 Å². The van der Waals surface area contributed by atoms with Crippen LogP contribution in [0.3, 0.4) is 0 Å². The van der Waals surface area contributed by atoms with Gasteiger partial charge in [-0.25, -0.2) is 13.1 Å². The number of carbonyl (C=O) groups is 1. The van der Waals surface area contributed by atoms with Crippen molar-refractivity contribution in [2.45, 2.75) is 11.8 Å². The van der Waals surface area contributed by atoms with Gasteiger partial charge in [-0.15, -0.1) is 0 Å². The van der Waals surface area contributed by atoms with Crippen LogP contribution >= 0.6 is 0 Å². The number of nitro benzene ring substituents is 1. The molecule has 0 spiro atoms. The van der Waals surface area contributed by atoms with Gasteiger partial charge in [0, 0.05) is 26.1 Å². The maximum absolute atomic E-state index is 11.8. The smallest absolute Gasteiger partial charge is 0.312 e. The second-order valence-electron chi connectivity index (χ2n) is 3.79. The van der Waals surface area contributed by atoms with E-state index in [0.29, 0.717) is 0 Å². The molecule has 0 aliphatic carbocycles. The van der Waals surface area contributed by atoms with Crippen molar-refractivity contribution in [3.05, 3.63) is 28.3 Å². The molecule has 1 aromatic rings. The standard InChI is InChI=1S/C10H13N3O6S/c1-7(14)11-4-5-12-20(18,19)8-2-3-10(15)9(6-8)13(16)17/h2-3,6,12,15H,4-5H2,1H3,(H,11,14). The molecule has 1 rings (SSSR count). The van der Waals surface area contributed by atoms with Crippen molar-refractivity contribution in [2.24, 2.45) is 0 Å². The lowest BCUT2D eigenvalue weighted by Crippen LogP contribution is -2.33. The number of phenols is 1. The van der Waals surface area contributed by atoms with Crippen LogP contribution in [0.2, 0.25) is 0 Å². The Morgan fingerprint density at radius 2 is 2.05 bits per heavy atom. The summed E-state index contributed by atoms with van der Waals surface area (Å²) in [5.41, 5.74) is -0.699. The number of hydrogen-bond acceptors (Lipinski definition) is 6. The molecule has 0 fully saturated rings. The molecule has 0 atom stereocenters. The molecule has 0 aromatic heterocycles. The van der Waals surface area contributed by atoms with Crippen LogP contribution in [0.5, 0.6) is 5.75 Å². The van der Waals surface area contributed by atoms with Crippen LogP contribution in [0.1, 0.15) is 6.92 Å². The van der Waals surface area contributed by atoms with E-state index in [1.807, 2.05) is 0 Å². The normalized spacial score (nSPS) is 11.1. The minimum atomic E-state index is -3.95. The van der Waals surface area contributed by atoms with Crippen LogP contribution in [0.25, 0.3) is 0 Å². The quantitative estimate of drug-likeness (QED) is 0.375. The van der Waals surface area contributed by atoms with Gasteiger partial charge >= 0.3 is 5.69 Å². The predicted octanol–water partition coefficient (Wildman–Crippen LogP) is -0.285. The van der Waals surface area contributed by atoms with Crippen molar-refractivity contribution in [3.63, 3.8) is 0 Å². The first-order valence-electron chi connectivity index (χ1n) is 5.45. The molecule has 0 unspecified atom stereocenters. The maximum atomic E-state index is 11.8. The Labute approximate surface area is 114 Å². The van der Waals surface area contributed by atoms with Crippen molar-refractivity contribution in [1.29, 1.82) is 0 Å². The molecule has 110 valence electrons. The summed E-state index contributed by atoms with van der Waals surface area (Å²) in [7, 11) is -3.95. The van der Waals surface area contributed by atoms with E-state index in [9.17, 15) is 28.4 Å². The minimum Gasteiger partial charge on any atom is -0.502 e. The zero-order valence-corrected chi connectivity index (χ0v) is 11.3. The van der Waals surface area contributed by atoms with Crippen LogP contribution < -0.4 is 10.0 Å². The average molecular weight is 303 g/mol. The number of benzene rings is 1. The first-order chi connectivity index (χ1) is 9.24. The lowest BCUT2D eigenvalue weighted by Gasteiger charge is -2.07. The van der Waals surface area contributed by atoms with Gasteiger partial charge < -0.3 is 10.4 Å². The Morgan fingerprint density at radius 1 is 1.40 bits per heavy atom. The second kappa shape index (κ2) is 6.30. The van der Waals surface area contributed by atoms with Gasteiger partial charge in [0.1, 0.15) is 0 Å². The topological polar surface area (TPSA) is 139 Å². The molecule has 0 bridgehead atoms. The Morgan fingerprint density at radius 3 is 2.60 bits per heavy atom. The van der Waals surface area contributed by atoms with E-state index in [2.05, 4.69) is 10.0 Å². The summed E-state index contributed by atoms with van der Waals surface area (Å²) in [5.74, 6) is -0.920. The number of amides is 1. The van der Waals surface area contributed by atoms with E-state index in [1.165, 1.54) is 6.92 Å². The fourth-order valence-electron chi connectivity index (χ4n) is 1.32. The number of phenolic OH excluding ortho intramolecular Hbond substituents is 1. The maximum Gasteiger partial charge on any atom is 0.312 e. The summed E-state index contributed by atoms with van der Waals surface area (Å²) in [5, 5.41) is 22.3. The Hall–Kier alpha value is -2.20. The van der Waals surface area contributed by atoms with E-state index in [4.69, 9.17) is 0 Å². The highest BCUT2D eigenvalue weighted by molar-refractivity contribution is 7.89. The van der Waals surface area contributed by atoms with Gasteiger partial charge in [0.05, 0.1) is 9.82 Å². The summed E-state index contributed by atoms with van der Waals surface area (Å²) in [6, 6.07) is 2.74. The number of sulfonamides is 1. The lowest BCUT2D eigenvalue weighted by molar-refractivity contribution is -0.386. The molecule has 0 saturated heterocycles. The van der Waals surface area contributed by atoms with Crippen LogP contribution in [0.15, 0.2) is 23.1 Å². The van der Waals surface area contributed by atoms with Crippen molar-refractivity contribution in [3.8, 4) is 5.75 Å². The number of aromatic hydroxyl groups is 1. The summed E-state index contributed by atoms with van der Waals surface area (Å²) in [4.78, 5) is 20.0. The summed E-state index contributed by atoms with van der Waals surface area (Å²) < 4.78 is 25.8. The first-order valence-corrected chi connectivity index (χ1v) is 6.94. The highest BCUT2D eigenvalue weighted by atomic mass is 32.2. The second-order valence-corrected chi connectivity index (χ2v) is 5.56. The van der Waals surface area contributed by atoms with Gasteiger partial charge in [0.15, 0.2) is 5.75 Å². The number of rotatable bonds is 6. The van der Waals surface area contributed by atoms with E-state index in [0.717, 1.165) is 18.2 Å². The van der Waals surface area contributed by atoms with Gasteiger partial charge in [-0.3, -0.25) is 14.9 Å². The highest BCUT2D eigenvalue weighted by Crippen LogP contribution is 2.27. The largest absolute Gasteiger partial charge is 0.502 e. The average Bonchev–Trinajstić information content (AvgIpc) is 2.34. The zero-order valence-electron chi connectivity index (χ0n) is 10.5. The predicted molar refractivity (Wildman–Crippen MR) is 68.6 cm³/mol. The van der Waals surface area contributed by atoms with Crippen LogP contribution in [-0.4, -0.2) is 37.4 Å². The molecule has 10 heteroatoms. The number of nitrogens with one attached hydrogen (secondary N) is 2. The van der Waals surface area contributed by atoms with Crippen molar-refractivity contribution in [1.82, 2.24) is 10.0 Å². The Bertz CT molecular complexity index is 628. The zero-order chi connectivity index (χ0) is 15.3. The fraction of sp³-hybridized carbons (Fsp3) is 0.300. The number of carbonyl (C=O) groups excluding carboxylic acids is 1. The Kier molecular flexibility index (Phi) is 5.00. The van der Waals surface area contributed by atoms with Crippen molar-refractivity contribution < 1.29 is 23.2 Å². The fourth-order valence-corrected chi connectivity index (χ4v) is 2.38. The summed E-state index contributed by atoms with van der Waals surface area (Å²) in [6.45, 7) is 1.32. The third-order valence-corrected chi connectivity index (χ3v) is 3.70. The van der Waals surface area contributed by atoms with Gasteiger partial charge in [-0.1, -0.05) is 0 Å². The number of hydrogen-bond donors (Lipinski definition) is 3. The summed E-state index contributed by atoms with van der Waals surface area (Å²) in [6.07, 6.45) is 0. The van der Waals surface area contributed by atoms with E-state index >= 15 is 0 Å².